The van der Waals surface area contributed by atoms with Crippen LogP contribution < -0.4 is 4.90 Å². The third-order valence-corrected chi connectivity index (χ3v) is 8.94. The monoisotopic (exact) mass is 530 g/mol. The lowest BCUT2D eigenvalue weighted by Gasteiger charge is -2.27. The van der Waals surface area contributed by atoms with Crippen LogP contribution in [0.4, 0.5) is 5.69 Å². The molecular formula is C31H18N2O3S2. The summed E-state index contributed by atoms with van der Waals surface area (Å²) in [5.41, 5.74) is 2.98. The van der Waals surface area contributed by atoms with Crippen molar-refractivity contribution in [3.05, 3.63) is 114 Å². The SMILES string of the molecule is O=C(CSc1nc2ccc(N3C(=O)c4cccc5cccc(c45)C3=O)cc2s1)c1ccc2ccccc2c1. The number of thiazole rings is 1. The van der Waals surface area contributed by atoms with Gasteiger partial charge < -0.3 is 0 Å². The van der Waals surface area contributed by atoms with E-state index in [-0.39, 0.29) is 23.4 Å². The highest BCUT2D eigenvalue weighted by atomic mass is 32.2. The van der Waals surface area contributed by atoms with Gasteiger partial charge in [0.25, 0.3) is 11.8 Å². The van der Waals surface area contributed by atoms with Crippen molar-refractivity contribution in [1.82, 2.24) is 4.98 Å². The van der Waals surface area contributed by atoms with Crippen molar-refractivity contribution in [1.29, 1.82) is 0 Å². The Morgan fingerprint density at radius 2 is 1.47 bits per heavy atom. The zero-order valence-corrected chi connectivity index (χ0v) is 21.5. The molecule has 38 heavy (non-hydrogen) atoms. The molecule has 7 rings (SSSR count). The molecule has 1 aliphatic rings. The van der Waals surface area contributed by atoms with Gasteiger partial charge in [0.15, 0.2) is 10.1 Å². The second kappa shape index (κ2) is 8.90. The van der Waals surface area contributed by atoms with Gasteiger partial charge in [-0.2, -0.15) is 0 Å². The molecule has 0 bridgehead atoms. The van der Waals surface area contributed by atoms with Gasteiger partial charge in [0.05, 0.1) is 21.7 Å². The number of nitrogens with zero attached hydrogens (tertiary/aromatic N) is 2. The number of carbonyl (C=O) groups is 3. The molecule has 5 aromatic carbocycles. The van der Waals surface area contributed by atoms with Crippen molar-refractivity contribution in [3.8, 4) is 0 Å². The second-order valence-corrected chi connectivity index (χ2v) is 11.3. The minimum Gasteiger partial charge on any atom is -0.293 e. The van der Waals surface area contributed by atoms with E-state index in [2.05, 4.69) is 4.98 Å². The Hall–Kier alpha value is -4.33. The largest absolute Gasteiger partial charge is 0.293 e. The lowest BCUT2D eigenvalue weighted by atomic mass is 9.94. The molecule has 0 atom stereocenters. The predicted molar refractivity (Wildman–Crippen MR) is 154 cm³/mol. The predicted octanol–water partition coefficient (Wildman–Crippen LogP) is 7.38. The molecule has 0 N–H and O–H groups in total. The van der Waals surface area contributed by atoms with Gasteiger partial charge in [0.2, 0.25) is 0 Å². The van der Waals surface area contributed by atoms with Gasteiger partial charge in [-0.05, 0) is 52.6 Å². The zero-order chi connectivity index (χ0) is 25.8. The first kappa shape index (κ1) is 22.8. The van der Waals surface area contributed by atoms with Crippen LogP contribution in [0.25, 0.3) is 31.8 Å². The first-order chi connectivity index (χ1) is 18.6. The number of Topliss-reactive ketones (excluding diaryl/α,β-unsaturated/α-hetero) is 1. The van der Waals surface area contributed by atoms with E-state index in [1.165, 1.54) is 28.0 Å². The number of benzene rings is 5. The van der Waals surface area contributed by atoms with Gasteiger partial charge in [0, 0.05) is 22.1 Å². The number of ketones is 1. The molecule has 7 heteroatoms. The third kappa shape index (κ3) is 3.70. The number of amides is 2. The lowest BCUT2D eigenvalue weighted by Crippen LogP contribution is -2.40. The van der Waals surface area contributed by atoms with Gasteiger partial charge in [0.1, 0.15) is 0 Å². The molecule has 0 radical (unpaired) electrons. The van der Waals surface area contributed by atoms with Gasteiger partial charge in [-0.3, -0.25) is 14.4 Å². The van der Waals surface area contributed by atoms with Crippen LogP contribution in [0.3, 0.4) is 0 Å². The standard InChI is InChI=1S/C31H18N2O3S2/c34-26(21-12-11-18-5-1-2-6-20(18)15-21)17-37-31-32-25-14-13-22(16-27(25)38-31)33-29(35)23-9-3-7-19-8-4-10-24(28(19)23)30(33)36/h1-16H,17H2. The molecule has 0 unspecified atom stereocenters. The molecule has 0 spiro atoms. The summed E-state index contributed by atoms with van der Waals surface area (Å²) in [4.78, 5) is 45.6. The number of fused-ring (bicyclic) bond motifs is 2. The number of carbonyl (C=O) groups excluding carboxylic acids is 3. The van der Waals surface area contributed by atoms with Crippen LogP contribution in [0, 0.1) is 0 Å². The first-order valence-corrected chi connectivity index (χ1v) is 13.8. The lowest BCUT2D eigenvalue weighted by molar-refractivity contribution is 0.0892. The minimum atomic E-state index is -0.334. The van der Waals surface area contributed by atoms with Crippen molar-refractivity contribution in [2.45, 2.75) is 4.34 Å². The molecule has 6 aromatic rings. The van der Waals surface area contributed by atoms with Crippen LogP contribution in [0.1, 0.15) is 31.1 Å². The van der Waals surface area contributed by atoms with Crippen LogP contribution in [0.15, 0.2) is 101 Å². The summed E-state index contributed by atoms with van der Waals surface area (Å²) in [6.45, 7) is 0. The summed E-state index contributed by atoms with van der Waals surface area (Å²) in [6, 6.07) is 30.1. The Morgan fingerprint density at radius 3 is 2.24 bits per heavy atom. The minimum absolute atomic E-state index is 0.0399. The van der Waals surface area contributed by atoms with Crippen molar-refractivity contribution in [2.75, 3.05) is 10.7 Å². The number of hydrogen-bond acceptors (Lipinski definition) is 6. The van der Waals surface area contributed by atoms with Gasteiger partial charge >= 0.3 is 0 Å². The van der Waals surface area contributed by atoms with Crippen molar-refractivity contribution in [2.24, 2.45) is 0 Å². The average molecular weight is 531 g/mol. The number of hydrogen-bond donors (Lipinski definition) is 0. The number of thioether (sulfide) groups is 1. The Labute approximate surface area is 225 Å². The molecule has 0 aliphatic carbocycles. The summed E-state index contributed by atoms with van der Waals surface area (Å²) >= 11 is 2.84. The zero-order valence-electron chi connectivity index (χ0n) is 19.9. The highest BCUT2D eigenvalue weighted by Gasteiger charge is 2.34. The summed E-state index contributed by atoms with van der Waals surface area (Å²) in [5, 5.41) is 3.72. The molecule has 5 nitrogen and oxygen atoms in total. The number of imide groups is 1. The highest BCUT2D eigenvalue weighted by Crippen LogP contribution is 2.36. The summed E-state index contributed by atoms with van der Waals surface area (Å²) in [7, 11) is 0. The highest BCUT2D eigenvalue weighted by molar-refractivity contribution is 8.01. The summed E-state index contributed by atoms with van der Waals surface area (Å²) in [6.07, 6.45) is 0. The van der Waals surface area contributed by atoms with Gasteiger partial charge in [-0.25, -0.2) is 9.88 Å². The van der Waals surface area contributed by atoms with E-state index in [1.54, 1.807) is 18.2 Å². The van der Waals surface area contributed by atoms with Crippen LogP contribution in [0.2, 0.25) is 0 Å². The van der Waals surface area contributed by atoms with E-state index in [0.717, 1.165) is 30.7 Å². The second-order valence-electron chi connectivity index (χ2n) is 9.06. The molecule has 2 heterocycles. The molecule has 0 saturated heterocycles. The van der Waals surface area contributed by atoms with Crippen LogP contribution in [0.5, 0.6) is 0 Å². The van der Waals surface area contributed by atoms with E-state index in [4.69, 9.17) is 0 Å². The molecule has 182 valence electrons. The van der Waals surface area contributed by atoms with Gasteiger partial charge in [-0.1, -0.05) is 72.4 Å². The number of anilines is 1. The fourth-order valence-electron chi connectivity index (χ4n) is 4.93. The van der Waals surface area contributed by atoms with E-state index in [9.17, 15) is 14.4 Å². The van der Waals surface area contributed by atoms with E-state index in [0.29, 0.717) is 27.8 Å². The molecule has 1 aliphatic heterocycles. The van der Waals surface area contributed by atoms with Crippen molar-refractivity contribution < 1.29 is 14.4 Å². The topological polar surface area (TPSA) is 67.3 Å². The van der Waals surface area contributed by atoms with Crippen LogP contribution >= 0.6 is 23.1 Å². The van der Waals surface area contributed by atoms with Crippen LogP contribution in [-0.4, -0.2) is 28.3 Å². The quantitative estimate of drug-likeness (QED) is 0.132. The van der Waals surface area contributed by atoms with Crippen molar-refractivity contribution in [3.63, 3.8) is 0 Å². The van der Waals surface area contributed by atoms with Crippen molar-refractivity contribution >= 4 is 78.1 Å². The molecule has 0 saturated carbocycles. The molecule has 0 fully saturated rings. The normalized spacial score (nSPS) is 13.1. The Morgan fingerprint density at radius 1 is 0.763 bits per heavy atom. The smallest absolute Gasteiger partial charge is 0.265 e. The third-order valence-electron chi connectivity index (χ3n) is 6.78. The van der Waals surface area contributed by atoms with E-state index >= 15 is 0 Å². The van der Waals surface area contributed by atoms with E-state index in [1.807, 2.05) is 78.9 Å². The first-order valence-electron chi connectivity index (χ1n) is 12.0. The van der Waals surface area contributed by atoms with Gasteiger partial charge in [-0.15, -0.1) is 11.3 Å². The van der Waals surface area contributed by atoms with E-state index < -0.39 is 0 Å². The molecule has 1 aromatic heterocycles. The summed E-state index contributed by atoms with van der Waals surface area (Å²) < 4.78 is 1.61. The maximum absolute atomic E-state index is 13.4. The fourth-order valence-corrected chi connectivity index (χ4v) is 6.93. The maximum atomic E-state index is 13.4. The fraction of sp³-hybridized carbons (Fsp3) is 0.0323. The Bertz CT molecular complexity index is 1910. The number of rotatable bonds is 5. The van der Waals surface area contributed by atoms with Crippen LogP contribution in [-0.2, 0) is 0 Å². The summed E-state index contributed by atoms with van der Waals surface area (Å²) in [5.74, 6) is -0.356. The molecular weight excluding hydrogens is 512 g/mol. The molecule has 2 amide bonds. The maximum Gasteiger partial charge on any atom is 0.265 e. The Balaban J connectivity index is 1.15. The average Bonchev–Trinajstić information content (AvgIpc) is 3.37. The Kier molecular flexibility index (Phi) is 5.35. The number of aromatic nitrogens is 1.